The fourth-order valence-corrected chi connectivity index (χ4v) is 3.19. The van der Waals surface area contributed by atoms with Crippen molar-refractivity contribution in [1.82, 2.24) is 9.80 Å². The van der Waals surface area contributed by atoms with Crippen LogP contribution in [0.25, 0.3) is 0 Å². The predicted octanol–water partition coefficient (Wildman–Crippen LogP) is 2.12. The lowest BCUT2D eigenvalue weighted by Crippen LogP contribution is -2.44. The first-order chi connectivity index (χ1) is 8.18. The molecule has 1 amide bonds. The SMILES string of the molecule is CN1CCC(C(=O)N(C)C2CCCCC2)CC1. The fraction of sp³-hybridized carbons (Fsp3) is 0.929. The van der Waals surface area contributed by atoms with Gasteiger partial charge in [-0.25, -0.2) is 0 Å². The molecule has 3 nitrogen and oxygen atoms in total. The van der Waals surface area contributed by atoms with E-state index in [0.717, 1.165) is 25.9 Å². The second-order valence-electron chi connectivity index (χ2n) is 5.82. The summed E-state index contributed by atoms with van der Waals surface area (Å²) in [5, 5.41) is 0. The topological polar surface area (TPSA) is 23.6 Å². The third kappa shape index (κ3) is 3.21. The van der Waals surface area contributed by atoms with Crippen LogP contribution in [0.3, 0.4) is 0 Å². The fourth-order valence-electron chi connectivity index (χ4n) is 3.19. The summed E-state index contributed by atoms with van der Waals surface area (Å²) in [5.74, 6) is 0.697. The first-order valence-corrected chi connectivity index (χ1v) is 7.13. The quantitative estimate of drug-likeness (QED) is 0.735. The summed E-state index contributed by atoms with van der Waals surface area (Å²) in [7, 11) is 4.17. The average molecular weight is 238 g/mol. The molecule has 0 aromatic rings. The highest BCUT2D eigenvalue weighted by Gasteiger charge is 2.29. The van der Waals surface area contributed by atoms with Crippen molar-refractivity contribution in [2.45, 2.75) is 51.0 Å². The van der Waals surface area contributed by atoms with Crippen molar-refractivity contribution in [3.05, 3.63) is 0 Å². The lowest BCUT2D eigenvalue weighted by atomic mass is 9.91. The summed E-state index contributed by atoms with van der Waals surface area (Å²) in [6, 6.07) is 0.524. The van der Waals surface area contributed by atoms with Gasteiger partial charge in [0.25, 0.3) is 0 Å². The second-order valence-corrected chi connectivity index (χ2v) is 5.82. The number of carbonyl (C=O) groups excluding carboxylic acids is 1. The zero-order valence-electron chi connectivity index (χ0n) is 11.3. The van der Waals surface area contributed by atoms with Gasteiger partial charge < -0.3 is 9.80 Å². The summed E-state index contributed by atoms with van der Waals surface area (Å²) < 4.78 is 0. The summed E-state index contributed by atoms with van der Waals surface area (Å²) in [4.78, 5) is 16.8. The Balaban J connectivity index is 1.85. The Labute approximate surface area is 105 Å². The molecule has 1 saturated heterocycles. The van der Waals surface area contributed by atoms with Gasteiger partial charge in [-0.05, 0) is 45.8 Å². The number of piperidine rings is 1. The minimum atomic E-state index is 0.290. The molecular formula is C14H26N2O. The van der Waals surface area contributed by atoms with Gasteiger partial charge in [0, 0.05) is 19.0 Å². The smallest absolute Gasteiger partial charge is 0.225 e. The molecule has 1 heterocycles. The lowest BCUT2D eigenvalue weighted by Gasteiger charge is -2.36. The maximum Gasteiger partial charge on any atom is 0.225 e. The second kappa shape index (κ2) is 5.85. The highest BCUT2D eigenvalue weighted by atomic mass is 16.2. The summed E-state index contributed by atoms with van der Waals surface area (Å²) in [6.45, 7) is 2.16. The zero-order chi connectivity index (χ0) is 12.3. The van der Waals surface area contributed by atoms with Gasteiger partial charge >= 0.3 is 0 Å². The minimum Gasteiger partial charge on any atom is -0.343 e. The van der Waals surface area contributed by atoms with E-state index in [1.54, 1.807) is 0 Å². The molecule has 2 rings (SSSR count). The van der Waals surface area contributed by atoms with E-state index in [9.17, 15) is 4.79 Å². The number of carbonyl (C=O) groups is 1. The third-order valence-corrected chi connectivity index (χ3v) is 4.54. The molecule has 3 heteroatoms. The van der Waals surface area contributed by atoms with Crippen molar-refractivity contribution in [3.8, 4) is 0 Å². The Morgan fingerprint density at radius 1 is 1.06 bits per heavy atom. The molecule has 0 atom stereocenters. The molecule has 0 radical (unpaired) electrons. The zero-order valence-corrected chi connectivity index (χ0v) is 11.3. The van der Waals surface area contributed by atoms with E-state index < -0.39 is 0 Å². The molecule has 2 aliphatic rings. The number of amides is 1. The minimum absolute atomic E-state index is 0.290. The van der Waals surface area contributed by atoms with Crippen LogP contribution in [0.4, 0.5) is 0 Å². The number of rotatable bonds is 2. The Bertz CT molecular complexity index is 253. The number of hydrogen-bond donors (Lipinski definition) is 0. The number of nitrogens with zero attached hydrogens (tertiary/aromatic N) is 2. The first-order valence-electron chi connectivity index (χ1n) is 7.13. The van der Waals surface area contributed by atoms with Crippen LogP contribution in [0.2, 0.25) is 0 Å². The number of likely N-dealkylation sites (tertiary alicyclic amines) is 1. The molecule has 0 aromatic heterocycles. The van der Waals surface area contributed by atoms with Gasteiger partial charge in [0.1, 0.15) is 0 Å². The molecule has 2 fully saturated rings. The van der Waals surface area contributed by atoms with Gasteiger partial charge in [0.15, 0.2) is 0 Å². The van der Waals surface area contributed by atoms with Crippen LogP contribution in [0.5, 0.6) is 0 Å². The van der Waals surface area contributed by atoms with Gasteiger partial charge in [-0.3, -0.25) is 4.79 Å². The Morgan fingerprint density at radius 3 is 2.24 bits per heavy atom. The van der Waals surface area contributed by atoms with Gasteiger partial charge in [-0.1, -0.05) is 19.3 Å². The van der Waals surface area contributed by atoms with E-state index in [2.05, 4.69) is 16.8 Å². The summed E-state index contributed by atoms with van der Waals surface area (Å²) >= 11 is 0. The van der Waals surface area contributed by atoms with Gasteiger partial charge in [-0.2, -0.15) is 0 Å². The van der Waals surface area contributed by atoms with Crippen LogP contribution in [0, 0.1) is 5.92 Å². The Morgan fingerprint density at radius 2 is 1.65 bits per heavy atom. The van der Waals surface area contributed by atoms with Gasteiger partial charge in [0.2, 0.25) is 5.91 Å². The van der Waals surface area contributed by atoms with E-state index in [1.807, 2.05) is 7.05 Å². The first kappa shape index (κ1) is 12.9. The predicted molar refractivity (Wildman–Crippen MR) is 69.9 cm³/mol. The molecule has 1 saturated carbocycles. The van der Waals surface area contributed by atoms with Crippen molar-refractivity contribution in [2.24, 2.45) is 5.92 Å². The lowest BCUT2D eigenvalue weighted by molar-refractivity contribution is -0.138. The van der Waals surface area contributed by atoms with E-state index >= 15 is 0 Å². The molecule has 17 heavy (non-hydrogen) atoms. The molecule has 98 valence electrons. The van der Waals surface area contributed by atoms with Crippen molar-refractivity contribution >= 4 is 5.91 Å². The highest BCUT2D eigenvalue weighted by Crippen LogP contribution is 2.25. The molecule has 0 spiro atoms. The summed E-state index contributed by atoms with van der Waals surface area (Å²) in [5.41, 5.74) is 0. The van der Waals surface area contributed by atoms with E-state index in [1.165, 1.54) is 32.1 Å². The normalized spacial score (nSPS) is 24.8. The molecule has 0 N–H and O–H groups in total. The van der Waals surface area contributed by atoms with Crippen molar-refractivity contribution in [3.63, 3.8) is 0 Å². The summed E-state index contributed by atoms with van der Waals surface area (Å²) in [6.07, 6.45) is 8.49. The van der Waals surface area contributed by atoms with Crippen LogP contribution in [-0.4, -0.2) is 48.9 Å². The van der Waals surface area contributed by atoms with Crippen molar-refractivity contribution < 1.29 is 4.79 Å². The number of hydrogen-bond acceptors (Lipinski definition) is 2. The molecule has 0 aromatic carbocycles. The van der Waals surface area contributed by atoms with Crippen LogP contribution in [-0.2, 0) is 4.79 Å². The van der Waals surface area contributed by atoms with Gasteiger partial charge in [0.05, 0.1) is 0 Å². The standard InChI is InChI=1S/C14H26N2O/c1-15-10-8-12(9-11-15)14(17)16(2)13-6-4-3-5-7-13/h12-13H,3-11H2,1-2H3. The van der Waals surface area contributed by atoms with Gasteiger partial charge in [-0.15, -0.1) is 0 Å². The van der Waals surface area contributed by atoms with Crippen LogP contribution >= 0.6 is 0 Å². The van der Waals surface area contributed by atoms with Crippen LogP contribution in [0.1, 0.15) is 44.9 Å². The molecular weight excluding hydrogens is 212 g/mol. The van der Waals surface area contributed by atoms with E-state index in [4.69, 9.17) is 0 Å². The average Bonchev–Trinajstić information content (AvgIpc) is 2.39. The van der Waals surface area contributed by atoms with Crippen LogP contribution < -0.4 is 0 Å². The molecule has 0 unspecified atom stereocenters. The molecule has 0 bridgehead atoms. The molecule has 1 aliphatic heterocycles. The van der Waals surface area contributed by atoms with Crippen molar-refractivity contribution in [2.75, 3.05) is 27.2 Å². The Hall–Kier alpha value is -0.570. The maximum absolute atomic E-state index is 12.4. The maximum atomic E-state index is 12.4. The van der Waals surface area contributed by atoms with Crippen molar-refractivity contribution in [1.29, 1.82) is 0 Å². The van der Waals surface area contributed by atoms with Crippen LogP contribution in [0.15, 0.2) is 0 Å². The van der Waals surface area contributed by atoms with E-state index in [-0.39, 0.29) is 5.92 Å². The third-order valence-electron chi connectivity index (χ3n) is 4.54. The largest absolute Gasteiger partial charge is 0.343 e. The van der Waals surface area contributed by atoms with E-state index in [0.29, 0.717) is 11.9 Å². The monoisotopic (exact) mass is 238 g/mol. The molecule has 1 aliphatic carbocycles. The Kier molecular flexibility index (Phi) is 4.43. The highest BCUT2D eigenvalue weighted by molar-refractivity contribution is 5.79.